The maximum atomic E-state index is 12.3. The SMILES string of the molecule is COC[C@](O)(CCCCNC(=O)COCCOCCNC(=O)COCCOCCNC(=O)CC[C@H](NC(=O)CCCCCCCCCCCCCCCCC(=O)O)C(=O)O)NN. The van der Waals surface area contributed by atoms with E-state index >= 15 is 0 Å². The summed E-state index contributed by atoms with van der Waals surface area (Å²) in [6, 6.07) is -1.14. The van der Waals surface area contributed by atoms with E-state index in [4.69, 9.17) is 34.6 Å². The highest BCUT2D eigenvalue weighted by molar-refractivity contribution is 5.84. The lowest BCUT2D eigenvalue weighted by molar-refractivity contribution is -0.142. The van der Waals surface area contributed by atoms with Crippen LogP contribution in [0.3, 0.4) is 0 Å². The highest BCUT2D eigenvalue weighted by Crippen LogP contribution is 2.14. The molecule has 0 aliphatic heterocycles. The van der Waals surface area contributed by atoms with Gasteiger partial charge in [-0.3, -0.25) is 29.8 Å². The van der Waals surface area contributed by atoms with Gasteiger partial charge in [-0.2, -0.15) is 0 Å². The first-order chi connectivity index (χ1) is 29.9. The third-order valence-electron chi connectivity index (χ3n) is 9.68. The van der Waals surface area contributed by atoms with Gasteiger partial charge in [0.05, 0.1) is 46.2 Å². The molecule has 362 valence electrons. The second-order valence-electron chi connectivity index (χ2n) is 15.3. The van der Waals surface area contributed by atoms with E-state index < -0.39 is 23.7 Å². The van der Waals surface area contributed by atoms with Crippen LogP contribution >= 0.6 is 0 Å². The molecule has 0 aliphatic carbocycles. The Labute approximate surface area is 368 Å². The minimum atomic E-state index is -1.30. The molecule has 0 aliphatic rings. The molecule has 0 radical (unpaired) electrons. The maximum absolute atomic E-state index is 12.3. The zero-order valence-electron chi connectivity index (χ0n) is 37.3. The summed E-state index contributed by atoms with van der Waals surface area (Å²) < 4.78 is 26.2. The van der Waals surface area contributed by atoms with Crippen molar-refractivity contribution in [3.05, 3.63) is 0 Å². The van der Waals surface area contributed by atoms with Gasteiger partial charge in [0, 0.05) is 46.0 Å². The molecule has 20 heteroatoms. The molecule has 0 aromatic rings. The maximum Gasteiger partial charge on any atom is 0.326 e. The van der Waals surface area contributed by atoms with Crippen molar-refractivity contribution < 1.29 is 67.8 Å². The van der Waals surface area contributed by atoms with E-state index in [2.05, 4.69) is 26.7 Å². The summed E-state index contributed by atoms with van der Waals surface area (Å²) in [5, 5.41) is 38.8. The average Bonchev–Trinajstić information content (AvgIpc) is 3.23. The van der Waals surface area contributed by atoms with E-state index in [9.17, 15) is 39.0 Å². The largest absolute Gasteiger partial charge is 0.481 e. The number of hydrogen-bond acceptors (Lipinski definition) is 14. The number of rotatable bonds is 46. The number of nitrogens with two attached hydrogens (primary N) is 1. The fraction of sp³-hybridized carbons (Fsp3) is 0.857. The lowest BCUT2D eigenvalue weighted by atomic mass is 10.0. The summed E-state index contributed by atoms with van der Waals surface area (Å²) >= 11 is 0. The molecule has 0 rings (SSSR count). The smallest absolute Gasteiger partial charge is 0.326 e. The molecule has 0 heterocycles. The summed E-state index contributed by atoms with van der Waals surface area (Å²) in [6.07, 6.45) is 17.1. The Morgan fingerprint density at radius 1 is 0.532 bits per heavy atom. The second-order valence-corrected chi connectivity index (χ2v) is 15.3. The average molecular weight is 893 g/mol. The summed E-state index contributed by atoms with van der Waals surface area (Å²) in [5.41, 5.74) is 1.03. The quantitative estimate of drug-likeness (QED) is 0.0183. The molecule has 62 heavy (non-hydrogen) atoms. The number of amides is 4. The Balaban J connectivity index is 3.66. The molecule has 0 fully saturated rings. The van der Waals surface area contributed by atoms with Gasteiger partial charge in [-0.05, 0) is 38.5 Å². The van der Waals surface area contributed by atoms with Gasteiger partial charge in [0.1, 0.15) is 19.3 Å². The van der Waals surface area contributed by atoms with Gasteiger partial charge in [0.2, 0.25) is 23.6 Å². The van der Waals surface area contributed by atoms with Crippen LogP contribution in [0.4, 0.5) is 0 Å². The summed E-state index contributed by atoms with van der Waals surface area (Å²) in [5.74, 6) is 2.16. The van der Waals surface area contributed by atoms with Crippen LogP contribution in [-0.4, -0.2) is 149 Å². The molecule has 0 saturated carbocycles. The van der Waals surface area contributed by atoms with Crippen LogP contribution in [0.15, 0.2) is 0 Å². The number of carbonyl (C=O) groups excluding carboxylic acids is 4. The standard InChI is InChI=1S/C42H80N6O14/c1-58-34-42(57,48-43)22-16-17-23-44-38(51)32-61-30-29-60-27-25-46-39(52)33-62-31-28-59-26-24-45-36(49)21-20-35(41(55)56)47-37(50)18-14-12-10-8-6-4-2-3-5-7-9-11-13-15-19-40(53)54/h35,48,57H,2-34,43H2,1H3,(H,44,51)(H,45,49)(H,46,52)(H,47,50)(H,53,54)(H,55,56)/t35-,42+/m0/s1. The van der Waals surface area contributed by atoms with Gasteiger partial charge in [0.15, 0.2) is 5.72 Å². The number of hydrogen-bond donors (Lipinski definition) is 9. The highest BCUT2D eigenvalue weighted by Gasteiger charge is 2.24. The Hall–Kier alpha value is -3.50. The minimum absolute atomic E-state index is 0.0294. The second kappa shape index (κ2) is 41.5. The third kappa shape index (κ3) is 39.4. The Morgan fingerprint density at radius 2 is 0.984 bits per heavy atom. The fourth-order valence-corrected chi connectivity index (χ4v) is 6.16. The zero-order valence-corrected chi connectivity index (χ0v) is 37.3. The molecule has 0 aromatic carbocycles. The number of nitrogens with one attached hydrogen (secondary N) is 5. The lowest BCUT2D eigenvalue weighted by Gasteiger charge is -2.26. The molecule has 10 N–H and O–H groups in total. The van der Waals surface area contributed by atoms with Crippen molar-refractivity contribution >= 4 is 35.6 Å². The van der Waals surface area contributed by atoms with Crippen molar-refractivity contribution in [1.29, 1.82) is 0 Å². The minimum Gasteiger partial charge on any atom is -0.481 e. The predicted octanol–water partition coefficient (Wildman–Crippen LogP) is 2.05. The van der Waals surface area contributed by atoms with E-state index in [1.807, 2.05) is 0 Å². The number of ether oxygens (including phenoxy) is 5. The van der Waals surface area contributed by atoms with Crippen molar-refractivity contribution in [2.45, 2.75) is 147 Å². The third-order valence-corrected chi connectivity index (χ3v) is 9.68. The van der Waals surface area contributed by atoms with Gasteiger partial charge in [-0.15, -0.1) is 0 Å². The number of methoxy groups -OCH3 is 1. The molecular weight excluding hydrogens is 812 g/mol. The van der Waals surface area contributed by atoms with Gasteiger partial charge in [-0.1, -0.05) is 77.0 Å². The predicted molar refractivity (Wildman–Crippen MR) is 231 cm³/mol. The number of aliphatic hydroxyl groups is 1. The summed E-state index contributed by atoms with van der Waals surface area (Å²) in [4.78, 5) is 70.5. The van der Waals surface area contributed by atoms with Gasteiger partial charge in [-0.25, -0.2) is 10.2 Å². The lowest BCUT2D eigenvalue weighted by Crippen LogP contribution is -2.52. The van der Waals surface area contributed by atoms with Crippen LogP contribution in [0.25, 0.3) is 0 Å². The number of carboxylic acid groups (broad SMARTS) is 2. The first-order valence-corrected chi connectivity index (χ1v) is 22.5. The Kier molecular flexibility index (Phi) is 39.2. The number of unbranched alkanes of at least 4 members (excludes halogenated alkanes) is 14. The fourth-order valence-electron chi connectivity index (χ4n) is 6.16. The molecule has 0 spiro atoms. The van der Waals surface area contributed by atoms with Crippen molar-refractivity contribution in [2.24, 2.45) is 5.84 Å². The van der Waals surface area contributed by atoms with Crippen LogP contribution in [0.2, 0.25) is 0 Å². The monoisotopic (exact) mass is 893 g/mol. The molecule has 0 aromatic heterocycles. The van der Waals surface area contributed by atoms with E-state index in [0.717, 1.165) is 38.5 Å². The number of aliphatic carboxylic acids is 2. The van der Waals surface area contributed by atoms with Crippen LogP contribution in [-0.2, 0) is 52.5 Å². The van der Waals surface area contributed by atoms with Crippen molar-refractivity contribution in [2.75, 3.05) is 86.2 Å². The Bertz CT molecular complexity index is 1190. The van der Waals surface area contributed by atoms with Crippen LogP contribution in [0.1, 0.15) is 135 Å². The van der Waals surface area contributed by atoms with Crippen LogP contribution in [0, 0.1) is 0 Å². The van der Waals surface area contributed by atoms with Crippen molar-refractivity contribution in [3.8, 4) is 0 Å². The van der Waals surface area contributed by atoms with E-state index in [0.29, 0.717) is 32.2 Å². The molecule has 20 nitrogen and oxygen atoms in total. The summed E-state index contributed by atoms with van der Waals surface area (Å²) in [6.45, 7) is 1.94. The van der Waals surface area contributed by atoms with E-state index in [1.165, 1.54) is 52.1 Å². The molecule has 2 atom stereocenters. The van der Waals surface area contributed by atoms with E-state index in [-0.39, 0.29) is 122 Å². The molecule has 0 saturated heterocycles. The van der Waals surface area contributed by atoms with E-state index in [1.54, 1.807) is 0 Å². The Morgan fingerprint density at radius 3 is 1.45 bits per heavy atom. The number of hydrazine groups is 1. The van der Waals surface area contributed by atoms with Gasteiger partial charge in [0.25, 0.3) is 0 Å². The molecule has 0 unspecified atom stereocenters. The highest BCUT2D eigenvalue weighted by atomic mass is 16.5. The molecule has 0 bridgehead atoms. The molecule has 4 amide bonds. The van der Waals surface area contributed by atoms with Crippen molar-refractivity contribution in [1.82, 2.24) is 26.7 Å². The molecular formula is C42H80N6O14. The zero-order chi connectivity index (χ0) is 45.9. The first kappa shape index (κ1) is 58.5. The number of carbonyl (C=O) groups is 6. The first-order valence-electron chi connectivity index (χ1n) is 22.5. The van der Waals surface area contributed by atoms with Crippen LogP contribution < -0.4 is 32.5 Å². The van der Waals surface area contributed by atoms with Gasteiger partial charge >= 0.3 is 11.9 Å². The topological polar surface area (TPSA) is 295 Å². The normalized spacial score (nSPS) is 12.6. The summed E-state index contributed by atoms with van der Waals surface area (Å²) in [7, 11) is 1.47. The van der Waals surface area contributed by atoms with Crippen molar-refractivity contribution in [3.63, 3.8) is 0 Å². The number of carboxylic acids is 2. The van der Waals surface area contributed by atoms with Gasteiger partial charge < -0.3 is 60.3 Å². The van der Waals surface area contributed by atoms with Crippen LogP contribution in [0.5, 0.6) is 0 Å².